The number of Topliss-reactive ketones (excluding diaryl/α,β-unsaturated/α-hetero) is 1. The van der Waals surface area contributed by atoms with Crippen LogP contribution in [0.5, 0.6) is 0 Å². The van der Waals surface area contributed by atoms with E-state index in [0.717, 1.165) is 19.3 Å². The highest BCUT2D eigenvalue weighted by Crippen LogP contribution is 2.27. The topological polar surface area (TPSA) is 135 Å². The Balaban J connectivity index is 1.62. The summed E-state index contributed by atoms with van der Waals surface area (Å²) >= 11 is 6.32. The SMILES string of the molecule is CCCCCCCCCCCCNC(=O)c1ccc(Cl)c(NC(=O)C(C(=O)c2cc(C)oc2C)N2C(=O)OC(C)C2=O)c1. The fourth-order valence-electron chi connectivity index (χ4n) is 5.03. The van der Waals surface area contributed by atoms with Crippen LogP contribution in [0.15, 0.2) is 28.7 Å². The van der Waals surface area contributed by atoms with Gasteiger partial charge in [0.1, 0.15) is 11.5 Å². The predicted molar refractivity (Wildman–Crippen MR) is 163 cm³/mol. The minimum atomic E-state index is -1.88. The van der Waals surface area contributed by atoms with Gasteiger partial charge in [-0.3, -0.25) is 19.2 Å². The summed E-state index contributed by atoms with van der Waals surface area (Å²) < 4.78 is 10.4. The van der Waals surface area contributed by atoms with Gasteiger partial charge in [0.15, 0.2) is 17.9 Å². The van der Waals surface area contributed by atoms with Crippen LogP contribution in [0, 0.1) is 13.8 Å². The highest BCUT2D eigenvalue weighted by atomic mass is 35.5. The number of carbonyl (C=O) groups is 5. The summed E-state index contributed by atoms with van der Waals surface area (Å²) in [5.41, 5.74) is 0.342. The number of furan rings is 1. The molecular weight excluding hydrogens is 574 g/mol. The maximum atomic E-state index is 13.5. The van der Waals surface area contributed by atoms with Crippen molar-refractivity contribution in [1.29, 1.82) is 0 Å². The van der Waals surface area contributed by atoms with Crippen molar-refractivity contribution in [2.75, 3.05) is 11.9 Å². The minimum absolute atomic E-state index is 0.0454. The van der Waals surface area contributed by atoms with Crippen molar-refractivity contribution >= 4 is 46.9 Å². The van der Waals surface area contributed by atoms with Crippen LogP contribution < -0.4 is 10.6 Å². The Morgan fingerprint density at radius 3 is 2.14 bits per heavy atom. The van der Waals surface area contributed by atoms with Crippen LogP contribution in [0.1, 0.15) is 110 Å². The number of hydrogen-bond acceptors (Lipinski definition) is 7. The molecule has 10 nitrogen and oxygen atoms in total. The fourth-order valence-corrected chi connectivity index (χ4v) is 5.20. The Kier molecular flexibility index (Phi) is 12.8. The molecule has 43 heavy (non-hydrogen) atoms. The number of anilines is 1. The molecular formula is C32H42ClN3O7. The maximum Gasteiger partial charge on any atom is 0.418 e. The molecule has 0 radical (unpaired) electrons. The van der Waals surface area contributed by atoms with E-state index in [4.69, 9.17) is 20.8 Å². The Labute approximate surface area is 257 Å². The van der Waals surface area contributed by atoms with E-state index in [1.807, 2.05) is 0 Å². The van der Waals surface area contributed by atoms with Gasteiger partial charge in [-0.1, -0.05) is 76.3 Å². The summed E-state index contributed by atoms with van der Waals surface area (Å²) in [7, 11) is 0. The van der Waals surface area contributed by atoms with E-state index >= 15 is 0 Å². The quantitative estimate of drug-likeness (QED) is 0.114. The minimum Gasteiger partial charge on any atom is -0.466 e. The lowest BCUT2D eigenvalue weighted by Crippen LogP contribution is -2.52. The number of cyclic esters (lactones) is 1. The number of imide groups is 1. The molecule has 1 aromatic heterocycles. The number of carbonyl (C=O) groups excluding carboxylic acids is 5. The van der Waals surface area contributed by atoms with E-state index in [1.54, 1.807) is 6.92 Å². The van der Waals surface area contributed by atoms with Gasteiger partial charge < -0.3 is 19.8 Å². The highest BCUT2D eigenvalue weighted by molar-refractivity contribution is 6.34. The third-order valence-corrected chi connectivity index (χ3v) is 7.75. The van der Waals surface area contributed by atoms with Gasteiger partial charge in [0.2, 0.25) is 0 Å². The van der Waals surface area contributed by atoms with Crippen molar-refractivity contribution in [2.45, 2.75) is 104 Å². The lowest BCUT2D eigenvalue weighted by molar-refractivity contribution is -0.133. The number of aryl methyl sites for hydroxylation is 2. The number of hydrogen-bond donors (Lipinski definition) is 2. The standard InChI is InChI=1S/C32H42ClN3O7/c1-5-6-7-8-9-10-11-12-13-14-17-34-29(38)23-15-16-25(33)26(19-23)35-30(39)27(36-31(40)22(4)43-32(36)41)28(37)24-18-20(2)42-21(24)3/h15-16,18-19,22,27H,5-14,17H2,1-4H3,(H,34,38)(H,35,39). The summed E-state index contributed by atoms with van der Waals surface area (Å²) in [5.74, 6) is -2.34. The van der Waals surface area contributed by atoms with Crippen LogP contribution in [-0.2, 0) is 14.3 Å². The Morgan fingerprint density at radius 2 is 1.58 bits per heavy atom. The normalized spacial score (nSPS) is 15.4. The van der Waals surface area contributed by atoms with E-state index in [2.05, 4.69) is 17.6 Å². The first-order valence-electron chi connectivity index (χ1n) is 15.1. The van der Waals surface area contributed by atoms with Gasteiger partial charge >= 0.3 is 6.09 Å². The molecule has 2 unspecified atom stereocenters. The number of ketones is 1. The summed E-state index contributed by atoms with van der Waals surface area (Å²) in [4.78, 5) is 65.6. The van der Waals surface area contributed by atoms with Gasteiger partial charge in [0.05, 0.1) is 16.3 Å². The molecule has 2 aromatic rings. The first-order chi connectivity index (χ1) is 20.5. The van der Waals surface area contributed by atoms with Crippen molar-refractivity contribution in [2.24, 2.45) is 0 Å². The smallest absolute Gasteiger partial charge is 0.418 e. The van der Waals surface area contributed by atoms with Crippen molar-refractivity contribution in [3.05, 3.63) is 51.9 Å². The zero-order chi connectivity index (χ0) is 31.5. The van der Waals surface area contributed by atoms with Gasteiger partial charge in [0, 0.05) is 12.1 Å². The number of unbranched alkanes of at least 4 members (excludes halogenated alkanes) is 9. The molecule has 1 aliphatic rings. The number of nitrogens with one attached hydrogen (secondary N) is 2. The Morgan fingerprint density at radius 1 is 0.953 bits per heavy atom. The molecule has 2 heterocycles. The maximum absolute atomic E-state index is 13.5. The number of benzene rings is 1. The number of nitrogens with zero attached hydrogens (tertiary/aromatic N) is 1. The molecule has 2 N–H and O–H groups in total. The van der Waals surface area contributed by atoms with Crippen LogP contribution in [0.25, 0.3) is 0 Å². The molecule has 3 rings (SSSR count). The first kappa shape index (κ1) is 33.8. The zero-order valence-electron chi connectivity index (χ0n) is 25.4. The summed E-state index contributed by atoms with van der Waals surface area (Å²) in [6.45, 7) is 7.24. The van der Waals surface area contributed by atoms with Gasteiger partial charge in [-0.05, 0) is 51.5 Å². The Bertz CT molecular complexity index is 1320. The van der Waals surface area contributed by atoms with Gasteiger partial charge in [0.25, 0.3) is 17.7 Å². The van der Waals surface area contributed by atoms with Crippen LogP contribution in [0.4, 0.5) is 10.5 Å². The second-order valence-electron chi connectivity index (χ2n) is 10.9. The van der Waals surface area contributed by atoms with Gasteiger partial charge in [-0.25, -0.2) is 9.69 Å². The van der Waals surface area contributed by atoms with E-state index in [1.165, 1.54) is 83.1 Å². The van der Waals surface area contributed by atoms with Crippen LogP contribution in [-0.4, -0.2) is 53.2 Å². The molecule has 1 aliphatic heterocycles. The van der Waals surface area contributed by atoms with Crippen molar-refractivity contribution in [3.8, 4) is 0 Å². The molecule has 4 amide bonds. The van der Waals surface area contributed by atoms with Gasteiger partial charge in [-0.15, -0.1) is 0 Å². The molecule has 234 valence electrons. The summed E-state index contributed by atoms with van der Waals surface area (Å²) in [6, 6.07) is 3.90. The molecule has 11 heteroatoms. The summed E-state index contributed by atoms with van der Waals surface area (Å²) in [5, 5.41) is 5.51. The third kappa shape index (κ3) is 9.16. The number of amides is 4. The molecule has 2 atom stereocenters. The molecule has 1 aromatic carbocycles. The second kappa shape index (κ2) is 16.3. The number of halogens is 1. The highest BCUT2D eigenvalue weighted by Gasteiger charge is 2.49. The average Bonchev–Trinajstić information content (AvgIpc) is 3.43. The molecule has 0 spiro atoms. The predicted octanol–water partition coefficient (Wildman–Crippen LogP) is 6.76. The average molecular weight is 616 g/mol. The summed E-state index contributed by atoms with van der Waals surface area (Å²) in [6.07, 6.45) is 9.64. The molecule has 0 saturated carbocycles. The van der Waals surface area contributed by atoms with E-state index < -0.39 is 35.8 Å². The monoisotopic (exact) mass is 615 g/mol. The molecule has 1 fully saturated rings. The first-order valence-corrected chi connectivity index (χ1v) is 15.5. The van der Waals surface area contributed by atoms with E-state index in [9.17, 15) is 24.0 Å². The third-order valence-electron chi connectivity index (χ3n) is 7.42. The largest absolute Gasteiger partial charge is 0.466 e. The number of ether oxygens (including phenoxy) is 1. The van der Waals surface area contributed by atoms with Crippen LogP contribution in [0.2, 0.25) is 5.02 Å². The second-order valence-corrected chi connectivity index (χ2v) is 11.4. The molecule has 0 bridgehead atoms. The molecule has 1 saturated heterocycles. The van der Waals surface area contributed by atoms with Crippen molar-refractivity contribution < 1.29 is 33.1 Å². The lowest BCUT2D eigenvalue weighted by atomic mass is 10.0. The van der Waals surface area contributed by atoms with Crippen molar-refractivity contribution in [3.63, 3.8) is 0 Å². The van der Waals surface area contributed by atoms with Crippen molar-refractivity contribution in [1.82, 2.24) is 10.2 Å². The molecule has 0 aliphatic carbocycles. The number of rotatable bonds is 17. The van der Waals surface area contributed by atoms with Gasteiger partial charge in [-0.2, -0.15) is 0 Å². The van der Waals surface area contributed by atoms with E-state index in [0.29, 0.717) is 17.2 Å². The van der Waals surface area contributed by atoms with E-state index in [-0.39, 0.29) is 33.5 Å². The van der Waals surface area contributed by atoms with Crippen LogP contribution >= 0.6 is 11.6 Å². The lowest BCUT2D eigenvalue weighted by Gasteiger charge is -2.22. The Hall–Kier alpha value is -3.66. The van der Waals surface area contributed by atoms with Crippen LogP contribution in [0.3, 0.4) is 0 Å². The zero-order valence-corrected chi connectivity index (χ0v) is 26.2. The fraction of sp³-hybridized carbons (Fsp3) is 0.531.